The molecule has 0 bridgehead atoms. The third-order valence-electron chi connectivity index (χ3n) is 2.41. The summed E-state index contributed by atoms with van der Waals surface area (Å²) in [5.41, 5.74) is -0.593. The number of hydrogen-bond acceptors (Lipinski definition) is 6. The molecule has 8 heteroatoms. The number of nitrogens with zero attached hydrogens (tertiary/aromatic N) is 2. The van der Waals surface area contributed by atoms with E-state index in [0.29, 0.717) is 17.3 Å². The van der Waals surface area contributed by atoms with Crippen molar-refractivity contribution in [2.75, 3.05) is 6.61 Å². The second kappa shape index (κ2) is 7.26. The second-order valence-electron chi connectivity index (χ2n) is 4.07. The van der Waals surface area contributed by atoms with Crippen molar-refractivity contribution in [3.63, 3.8) is 0 Å². The zero-order valence-corrected chi connectivity index (χ0v) is 12.9. The summed E-state index contributed by atoms with van der Waals surface area (Å²) in [6, 6.07) is 1.96. The Morgan fingerprint density at radius 1 is 1.52 bits per heavy atom. The minimum absolute atomic E-state index is 0.0613. The van der Waals surface area contributed by atoms with Crippen LogP contribution >= 0.6 is 23.1 Å². The van der Waals surface area contributed by atoms with E-state index in [1.807, 2.05) is 11.4 Å². The largest absolute Gasteiger partial charge is 0.395 e. The van der Waals surface area contributed by atoms with E-state index >= 15 is 0 Å². The molecule has 0 fully saturated rings. The molecule has 2 N–H and O–H groups in total. The lowest BCUT2D eigenvalue weighted by Gasteiger charge is -2.04. The van der Waals surface area contributed by atoms with E-state index in [9.17, 15) is 9.59 Å². The Morgan fingerprint density at radius 2 is 2.33 bits per heavy atom. The summed E-state index contributed by atoms with van der Waals surface area (Å²) in [5.74, 6) is 6.47. The summed E-state index contributed by atoms with van der Waals surface area (Å²) >= 11 is 2.94. The van der Waals surface area contributed by atoms with Crippen LogP contribution in [0.25, 0.3) is 0 Å². The second-order valence-corrected chi connectivity index (χ2v) is 6.00. The van der Waals surface area contributed by atoms with Crippen molar-refractivity contribution in [1.82, 2.24) is 14.8 Å². The summed E-state index contributed by atoms with van der Waals surface area (Å²) in [4.78, 5) is 27.2. The number of aryl methyl sites for hydroxylation is 1. The van der Waals surface area contributed by atoms with Gasteiger partial charge >= 0.3 is 11.1 Å². The van der Waals surface area contributed by atoms with Crippen LogP contribution in [0.5, 0.6) is 0 Å². The third-order valence-corrected chi connectivity index (χ3v) is 4.61. The predicted octanol–water partition coefficient (Wildman–Crippen LogP) is 0.556. The van der Waals surface area contributed by atoms with Crippen molar-refractivity contribution in [1.29, 1.82) is 0 Å². The normalized spacial score (nSPS) is 10.2. The molecule has 0 atom stereocenters. The maximum Gasteiger partial charge on any atom is 0.339 e. The fraction of sp³-hybridized carbons (Fsp3) is 0.308. The van der Waals surface area contributed by atoms with E-state index in [1.54, 1.807) is 18.4 Å². The van der Waals surface area contributed by atoms with Gasteiger partial charge in [-0.25, -0.2) is 0 Å². The van der Waals surface area contributed by atoms with Crippen molar-refractivity contribution in [3.05, 3.63) is 42.6 Å². The Balaban J connectivity index is 2.04. The van der Waals surface area contributed by atoms with Gasteiger partial charge in [-0.2, -0.15) is 4.98 Å². The number of hydrogen-bond donors (Lipinski definition) is 2. The van der Waals surface area contributed by atoms with E-state index in [1.165, 1.54) is 16.4 Å². The summed E-state index contributed by atoms with van der Waals surface area (Å²) in [6.07, 6.45) is 0.462. The molecular formula is C13H13N3O3S2. The summed E-state index contributed by atoms with van der Waals surface area (Å²) < 4.78 is 1.43. The zero-order valence-electron chi connectivity index (χ0n) is 11.3. The number of thioether (sulfide) groups is 1. The van der Waals surface area contributed by atoms with Gasteiger partial charge in [0.15, 0.2) is 5.16 Å². The molecule has 0 amide bonds. The van der Waals surface area contributed by atoms with Crippen molar-refractivity contribution >= 4 is 23.1 Å². The fourth-order valence-corrected chi connectivity index (χ4v) is 3.26. The van der Waals surface area contributed by atoms with Crippen LogP contribution in [-0.2, 0) is 12.8 Å². The lowest BCUT2D eigenvalue weighted by atomic mass is 10.3. The molecule has 2 rings (SSSR count). The Hall–Kier alpha value is -1.82. The number of aromatic amines is 1. The zero-order chi connectivity index (χ0) is 15.2. The average molecular weight is 323 g/mol. The number of nitrogens with one attached hydrogen (secondary N) is 1. The van der Waals surface area contributed by atoms with Gasteiger partial charge < -0.3 is 5.11 Å². The molecule has 2 aromatic rings. The van der Waals surface area contributed by atoms with E-state index < -0.39 is 11.1 Å². The Labute approximate surface area is 128 Å². The lowest BCUT2D eigenvalue weighted by Crippen LogP contribution is -2.33. The molecule has 6 nitrogen and oxygen atoms in total. The quantitative estimate of drug-likeness (QED) is 0.487. The number of aliphatic hydroxyl groups is 1. The Bertz CT molecular complexity index is 795. The SMILES string of the molecule is Cn1[nH]c(=O)c(=O)nc1SCc1cc(C#CCCO)cs1. The highest BCUT2D eigenvalue weighted by Crippen LogP contribution is 2.23. The van der Waals surface area contributed by atoms with Gasteiger partial charge in [0.2, 0.25) is 0 Å². The molecule has 2 aromatic heterocycles. The van der Waals surface area contributed by atoms with E-state index in [2.05, 4.69) is 21.9 Å². The summed E-state index contributed by atoms with van der Waals surface area (Å²) in [6.45, 7) is 0.0613. The van der Waals surface area contributed by atoms with Gasteiger partial charge in [-0.1, -0.05) is 23.6 Å². The molecule has 0 aliphatic heterocycles. The number of rotatable bonds is 4. The van der Waals surface area contributed by atoms with Gasteiger partial charge in [-0.15, -0.1) is 11.3 Å². The van der Waals surface area contributed by atoms with E-state index in [-0.39, 0.29) is 6.61 Å². The van der Waals surface area contributed by atoms with Crippen LogP contribution in [0.1, 0.15) is 16.9 Å². The smallest absolute Gasteiger partial charge is 0.339 e. The van der Waals surface area contributed by atoms with Gasteiger partial charge in [-0.3, -0.25) is 19.4 Å². The number of aromatic nitrogens is 3. The maximum atomic E-state index is 11.2. The molecule has 0 aromatic carbocycles. The van der Waals surface area contributed by atoms with Crippen molar-refractivity contribution in [3.8, 4) is 11.8 Å². The monoisotopic (exact) mass is 323 g/mol. The van der Waals surface area contributed by atoms with Crippen molar-refractivity contribution in [2.45, 2.75) is 17.3 Å². The van der Waals surface area contributed by atoms with Gasteiger partial charge in [0.1, 0.15) is 0 Å². The van der Waals surface area contributed by atoms with E-state index in [0.717, 1.165) is 10.4 Å². The lowest BCUT2D eigenvalue weighted by molar-refractivity contribution is 0.305. The highest BCUT2D eigenvalue weighted by atomic mass is 32.2. The molecule has 21 heavy (non-hydrogen) atoms. The van der Waals surface area contributed by atoms with E-state index in [4.69, 9.17) is 5.11 Å². The number of aliphatic hydroxyl groups excluding tert-OH is 1. The van der Waals surface area contributed by atoms with Crippen LogP contribution in [0.2, 0.25) is 0 Å². The predicted molar refractivity (Wildman–Crippen MR) is 82.6 cm³/mol. The van der Waals surface area contributed by atoms with Gasteiger partial charge in [-0.05, 0) is 6.07 Å². The number of H-pyrrole nitrogens is 1. The molecule has 0 spiro atoms. The standard InChI is InChI=1S/C13H13N3O3S2/c1-16-13(14-11(18)12(19)15-16)21-8-10-6-9(7-20-10)4-2-3-5-17/h6-7,17H,3,5,8H2,1H3,(H,15,19). The maximum absolute atomic E-state index is 11.2. The third kappa shape index (κ3) is 4.32. The van der Waals surface area contributed by atoms with Crippen molar-refractivity contribution < 1.29 is 5.11 Å². The number of thiophene rings is 1. The molecule has 110 valence electrons. The van der Waals surface area contributed by atoms with Crippen LogP contribution < -0.4 is 11.1 Å². The molecule has 0 unspecified atom stereocenters. The Kier molecular flexibility index (Phi) is 5.38. The first-order chi connectivity index (χ1) is 10.1. The minimum atomic E-state index is -0.780. The van der Waals surface area contributed by atoms with Gasteiger partial charge in [0, 0.05) is 35.0 Å². The highest BCUT2D eigenvalue weighted by molar-refractivity contribution is 7.98. The van der Waals surface area contributed by atoms with Crippen LogP contribution in [-0.4, -0.2) is 26.5 Å². The fourth-order valence-electron chi connectivity index (χ4n) is 1.47. The van der Waals surface area contributed by atoms with Crippen LogP contribution in [0.4, 0.5) is 0 Å². The van der Waals surface area contributed by atoms with Gasteiger partial charge in [0.05, 0.1) is 6.61 Å². The van der Waals surface area contributed by atoms with Crippen LogP contribution in [0.15, 0.2) is 26.2 Å². The topological polar surface area (TPSA) is 88.0 Å². The molecule has 0 aliphatic rings. The molecule has 0 aliphatic carbocycles. The molecule has 0 saturated carbocycles. The minimum Gasteiger partial charge on any atom is -0.395 e. The van der Waals surface area contributed by atoms with Crippen molar-refractivity contribution in [2.24, 2.45) is 7.05 Å². The summed E-state index contributed by atoms with van der Waals surface area (Å²) in [5, 5.41) is 13.5. The highest BCUT2D eigenvalue weighted by Gasteiger charge is 2.06. The molecular weight excluding hydrogens is 310 g/mol. The van der Waals surface area contributed by atoms with Crippen LogP contribution in [0.3, 0.4) is 0 Å². The first-order valence-electron chi connectivity index (χ1n) is 6.07. The first kappa shape index (κ1) is 15.6. The average Bonchev–Trinajstić information content (AvgIpc) is 2.90. The molecule has 0 saturated heterocycles. The van der Waals surface area contributed by atoms with Crippen LogP contribution in [0, 0.1) is 11.8 Å². The summed E-state index contributed by atoms with van der Waals surface area (Å²) in [7, 11) is 1.64. The first-order valence-corrected chi connectivity index (χ1v) is 7.94. The van der Waals surface area contributed by atoms with Gasteiger partial charge in [0.25, 0.3) is 0 Å². The molecule has 0 radical (unpaired) electrons. The Morgan fingerprint density at radius 3 is 3.10 bits per heavy atom. The molecule has 2 heterocycles.